The molecule has 0 aliphatic carbocycles. The summed E-state index contributed by atoms with van der Waals surface area (Å²) in [7, 11) is 1.88. The van der Waals surface area contributed by atoms with Crippen molar-refractivity contribution in [3.63, 3.8) is 0 Å². The minimum absolute atomic E-state index is 0.0331. The first-order chi connectivity index (χ1) is 8.24. The molecule has 0 bridgehead atoms. The van der Waals surface area contributed by atoms with Crippen molar-refractivity contribution in [3.8, 4) is 0 Å². The highest BCUT2D eigenvalue weighted by Crippen LogP contribution is 2.23. The van der Waals surface area contributed by atoms with Crippen LogP contribution >= 0.6 is 0 Å². The van der Waals surface area contributed by atoms with Crippen LogP contribution < -0.4 is 10.2 Å². The lowest BCUT2D eigenvalue weighted by molar-refractivity contribution is -0.127. The molecule has 1 heterocycles. The third kappa shape index (κ3) is 2.48. The van der Waals surface area contributed by atoms with Gasteiger partial charge in [0.2, 0.25) is 0 Å². The van der Waals surface area contributed by atoms with E-state index in [1.165, 1.54) is 0 Å². The third-order valence-electron chi connectivity index (χ3n) is 2.98. The normalized spacial score (nSPS) is 20.7. The second-order valence-electron chi connectivity index (χ2n) is 4.28. The summed E-state index contributed by atoms with van der Waals surface area (Å²) in [6, 6.07) is 8.02. The smallest absolute Gasteiger partial charge is 0.253 e. The fourth-order valence-electron chi connectivity index (χ4n) is 2.18. The maximum Gasteiger partial charge on any atom is 0.253 e. The van der Waals surface area contributed by atoms with Gasteiger partial charge in [0.05, 0.1) is 12.6 Å². The predicted molar refractivity (Wildman–Crippen MR) is 67.2 cm³/mol. The number of carbonyl (C=O) groups excluding carboxylic acids is 1. The van der Waals surface area contributed by atoms with Gasteiger partial charge in [-0.2, -0.15) is 0 Å². The van der Waals surface area contributed by atoms with Crippen LogP contribution in [0, 0.1) is 6.92 Å². The molecule has 2 rings (SSSR count). The molecule has 1 aliphatic heterocycles. The Bertz CT molecular complexity index is 404. The molecule has 92 valence electrons. The Hall–Kier alpha value is -1.39. The third-order valence-corrected chi connectivity index (χ3v) is 2.98. The Morgan fingerprint density at radius 2 is 2.24 bits per heavy atom. The van der Waals surface area contributed by atoms with E-state index in [0.29, 0.717) is 6.61 Å². The molecule has 1 aromatic carbocycles. The van der Waals surface area contributed by atoms with Crippen molar-refractivity contribution in [2.45, 2.75) is 13.0 Å². The number of nitrogens with zero attached hydrogens (tertiary/aromatic N) is 1. The summed E-state index contributed by atoms with van der Waals surface area (Å²) < 4.78 is 5.31. The lowest BCUT2D eigenvalue weighted by atomic mass is 10.1. The summed E-state index contributed by atoms with van der Waals surface area (Å²) in [6.07, 6.45) is 0. The quantitative estimate of drug-likeness (QED) is 0.846. The van der Waals surface area contributed by atoms with Crippen molar-refractivity contribution in [1.82, 2.24) is 5.32 Å². The van der Waals surface area contributed by atoms with Crippen molar-refractivity contribution < 1.29 is 9.53 Å². The molecule has 0 radical (unpaired) electrons. The van der Waals surface area contributed by atoms with Crippen LogP contribution in [0.2, 0.25) is 0 Å². The molecule has 1 unspecified atom stereocenters. The Morgan fingerprint density at radius 1 is 1.47 bits per heavy atom. The molecule has 17 heavy (non-hydrogen) atoms. The van der Waals surface area contributed by atoms with E-state index >= 15 is 0 Å². The SMILES string of the molecule is CNCC1COCC(=O)N1c1ccccc1C. The number of anilines is 1. The molecule has 1 aliphatic rings. The number of likely N-dealkylation sites (N-methyl/N-ethyl adjacent to an activating group) is 1. The van der Waals surface area contributed by atoms with Crippen LogP contribution in [-0.4, -0.2) is 38.8 Å². The first-order valence-corrected chi connectivity index (χ1v) is 5.84. The number of carbonyl (C=O) groups is 1. The first-order valence-electron chi connectivity index (χ1n) is 5.84. The number of nitrogens with one attached hydrogen (secondary N) is 1. The van der Waals surface area contributed by atoms with Crippen LogP contribution in [0.4, 0.5) is 5.69 Å². The summed E-state index contributed by atoms with van der Waals surface area (Å²) in [5.41, 5.74) is 2.10. The largest absolute Gasteiger partial charge is 0.369 e. The number of amides is 1. The minimum atomic E-state index is 0.0331. The van der Waals surface area contributed by atoms with Crippen molar-refractivity contribution in [2.75, 3.05) is 31.7 Å². The monoisotopic (exact) mass is 234 g/mol. The molecule has 1 N–H and O–H groups in total. The summed E-state index contributed by atoms with van der Waals surface area (Å²) in [6.45, 7) is 3.52. The summed E-state index contributed by atoms with van der Waals surface area (Å²) in [4.78, 5) is 13.9. The van der Waals surface area contributed by atoms with Crippen molar-refractivity contribution in [3.05, 3.63) is 29.8 Å². The van der Waals surface area contributed by atoms with Crippen LogP contribution in [0.1, 0.15) is 5.56 Å². The second kappa shape index (κ2) is 5.29. The van der Waals surface area contributed by atoms with E-state index in [1.54, 1.807) is 0 Å². The lowest BCUT2D eigenvalue weighted by Crippen LogP contribution is -2.53. The Kier molecular flexibility index (Phi) is 3.76. The van der Waals surface area contributed by atoms with Crippen LogP contribution in [0.15, 0.2) is 24.3 Å². The average Bonchev–Trinajstić information content (AvgIpc) is 2.31. The van der Waals surface area contributed by atoms with Crippen LogP contribution in [0.25, 0.3) is 0 Å². The van der Waals surface area contributed by atoms with Crippen molar-refractivity contribution in [1.29, 1.82) is 0 Å². The van der Waals surface area contributed by atoms with Crippen LogP contribution in [-0.2, 0) is 9.53 Å². The maximum absolute atomic E-state index is 12.0. The van der Waals surface area contributed by atoms with Crippen LogP contribution in [0.5, 0.6) is 0 Å². The van der Waals surface area contributed by atoms with Crippen LogP contribution in [0.3, 0.4) is 0 Å². The molecule has 1 amide bonds. The highest BCUT2D eigenvalue weighted by Gasteiger charge is 2.30. The lowest BCUT2D eigenvalue weighted by Gasteiger charge is -2.36. The Labute approximate surface area is 102 Å². The van der Waals surface area contributed by atoms with Gasteiger partial charge in [0.25, 0.3) is 5.91 Å². The molecule has 1 atom stereocenters. The van der Waals surface area contributed by atoms with Gasteiger partial charge in [-0.15, -0.1) is 0 Å². The van der Waals surface area contributed by atoms with E-state index in [1.807, 2.05) is 43.1 Å². The number of morpholine rings is 1. The van der Waals surface area contributed by atoms with E-state index in [4.69, 9.17) is 4.74 Å². The van der Waals surface area contributed by atoms with Gasteiger partial charge in [0.15, 0.2) is 0 Å². The maximum atomic E-state index is 12.0. The molecule has 0 aromatic heterocycles. The molecule has 1 saturated heterocycles. The van der Waals surface area contributed by atoms with Gasteiger partial charge in [-0.1, -0.05) is 18.2 Å². The van der Waals surface area contributed by atoms with E-state index < -0.39 is 0 Å². The molecule has 4 heteroatoms. The zero-order valence-corrected chi connectivity index (χ0v) is 10.3. The average molecular weight is 234 g/mol. The van der Waals surface area contributed by atoms with E-state index in [0.717, 1.165) is 17.8 Å². The molecule has 1 fully saturated rings. The van der Waals surface area contributed by atoms with E-state index in [-0.39, 0.29) is 18.6 Å². The molecule has 0 saturated carbocycles. The van der Waals surface area contributed by atoms with E-state index in [2.05, 4.69) is 5.32 Å². The number of rotatable bonds is 3. The second-order valence-corrected chi connectivity index (χ2v) is 4.28. The predicted octanol–water partition coefficient (Wildman–Crippen LogP) is 0.946. The van der Waals surface area contributed by atoms with Crippen molar-refractivity contribution >= 4 is 11.6 Å². The van der Waals surface area contributed by atoms with Gasteiger partial charge in [-0.05, 0) is 25.6 Å². The van der Waals surface area contributed by atoms with Gasteiger partial charge in [0, 0.05) is 12.2 Å². The zero-order chi connectivity index (χ0) is 12.3. The Morgan fingerprint density at radius 3 is 2.94 bits per heavy atom. The van der Waals surface area contributed by atoms with E-state index in [9.17, 15) is 4.79 Å². The Balaban J connectivity index is 2.31. The number of hydrogen-bond donors (Lipinski definition) is 1. The number of para-hydroxylation sites is 1. The number of hydrogen-bond acceptors (Lipinski definition) is 3. The topological polar surface area (TPSA) is 41.6 Å². The number of aryl methyl sites for hydroxylation is 1. The standard InChI is InChI=1S/C13H18N2O2/c1-10-5-3-4-6-12(10)15-11(7-14-2)8-17-9-13(15)16/h3-6,11,14H,7-9H2,1-2H3. The first kappa shape index (κ1) is 12.1. The number of ether oxygens (including phenoxy) is 1. The van der Waals surface area contributed by atoms with Gasteiger partial charge < -0.3 is 15.0 Å². The van der Waals surface area contributed by atoms with Gasteiger partial charge in [-0.25, -0.2) is 0 Å². The number of benzene rings is 1. The highest BCUT2D eigenvalue weighted by molar-refractivity contribution is 5.96. The summed E-state index contributed by atoms with van der Waals surface area (Å²) >= 11 is 0. The van der Waals surface area contributed by atoms with Crippen molar-refractivity contribution in [2.24, 2.45) is 0 Å². The molecule has 1 aromatic rings. The fraction of sp³-hybridized carbons (Fsp3) is 0.462. The molecular weight excluding hydrogens is 216 g/mol. The minimum Gasteiger partial charge on any atom is -0.369 e. The molecule has 0 spiro atoms. The molecule has 4 nitrogen and oxygen atoms in total. The van der Waals surface area contributed by atoms with Gasteiger partial charge >= 0.3 is 0 Å². The van der Waals surface area contributed by atoms with Gasteiger partial charge in [-0.3, -0.25) is 4.79 Å². The fourth-order valence-corrected chi connectivity index (χ4v) is 2.18. The van der Waals surface area contributed by atoms with Gasteiger partial charge in [0.1, 0.15) is 6.61 Å². The molecular formula is C13H18N2O2. The zero-order valence-electron chi connectivity index (χ0n) is 10.3. The highest BCUT2D eigenvalue weighted by atomic mass is 16.5. The summed E-state index contributed by atoms with van der Waals surface area (Å²) in [5, 5.41) is 3.10. The summed E-state index contributed by atoms with van der Waals surface area (Å²) in [5.74, 6) is 0.0331.